The molecule has 0 aromatic carbocycles. The molecular formula is C12H20N2O3. The highest BCUT2D eigenvalue weighted by atomic mass is 16.4. The fourth-order valence-electron chi connectivity index (χ4n) is 2.38. The maximum absolute atomic E-state index is 12.3. The second-order valence-electron chi connectivity index (χ2n) is 4.93. The standard InChI is InChI=1S/C12H20N2O3/c15-11(16)5-8-14(10-1-2-10)12(17)9-3-6-13-7-4-9/h9-10,13H,1-8H2,(H,15,16). The summed E-state index contributed by atoms with van der Waals surface area (Å²) in [7, 11) is 0. The average molecular weight is 240 g/mol. The summed E-state index contributed by atoms with van der Waals surface area (Å²) in [4.78, 5) is 24.7. The number of carboxylic acids is 1. The molecule has 5 nitrogen and oxygen atoms in total. The number of hydrogen-bond donors (Lipinski definition) is 2. The number of piperidine rings is 1. The van der Waals surface area contributed by atoms with Gasteiger partial charge in [0.2, 0.25) is 5.91 Å². The summed E-state index contributed by atoms with van der Waals surface area (Å²) in [6.45, 7) is 2.17. The van der Waals surface area contributed by atoms with Crippen LogP contribution in [0.4, 0.5) is 0 Å². The van der Waals surface area contributed by atoms with Gasteiger partial charge in [-0.15, -0.1) is 0 Å². The molecule has 0 aromatic heterocycles. The molecule has 0 unspecified atom stereocenters. The Bertz CT molecular complexity index is 296. The van der Waals surface area contributed by atoms with E-state index < -0.39 is 5.97 Å². The fourth-order valence-corrected chi connectivity index (χ4v) is 2.38. The Morgan fingerprint density at radius 3 is 2.35 bits per heavy atom. The Morgan fingerprint density at radius 2 is 1.82 bits per heavy atom. The minimum absolute atomic E-state index is 0.0627. The van der Waals surface area contributed by atoms with Crippen LogP contribution in [0.5, 0.6) is 0 Å². The van der Waals surface area contributed by atoms with E-state index in [-0.39, 0.29) is 18.2 Å². The van der Waals surface area contributed by atoms with Gasteiger partial charge in [-0.25, -0.2) is 0 Å². The van der Waals surface area contributed by atoms with E-state index in [1.807, 2.05) is 4.90 Å². The van der Waals surface area contributed by atoms with Gasteiger partial charge in [-0.2, -0.15) is 0 Å². The molecule has 0 radical (unpaired) electrons. The summed E-state index contributed by atoms with van der Waals surface area (Å²) in [5.74, 6) is -0.547. The van der Waals surface area contributed by atoms with Gasteiger partial charge in [0.15, 0.2) is 0 Å². The van der Waals surface area contributed by atoms with E-state index in [9.17, 15) is 9.59 Å². The van der Waals surface area contributed by atoms with Crippen molar-refractivity contribution in [2.45, 2.75) is 38.1 Å². The fraction of sp³-hybridized carbons (Fsp3) is 0.833. The molecule has 1 amide bonds. The Hall–Kier alpha value is -1.10. The summed E-state index contributed by atoms with van der Waals surface area (Å²) in [6.07, 6.45) is 3.91. The molecule has 2 rings (SSSR count). The maximum Gasteiger partial charge on any atom is 0.305 e. The van der Waals surface area contributed by atoms with Gasteiger partial charge < -0.3 is 15.3 Å². The summed E-state index contributed by atoms with van der Waals surface area (Å²) < 4.78 is 0. The summed E-state index contributed by atoms with van der Waals surface area (Å²) in [5.41, 5.74) is 0. The molecule has 0 atom stereocenters. The molecule has 2 aliphatic rings. The van der Waals surface area contributed by atoms with Gasteiger partial charge in [-0.1, -0.05) is 0 Å². The number of carboxylic acid groups (broad SMARTS) is 1. The third kappa shape index (κ3) is 3.43. The molecule has 1 aliphatic carbocycles. The predicted molar refractivity (Wildman–Crippen MR) is 62.6 cm³/mol. The van der Waals surface area contributed by atoms with Crippen molar-refractivity contribution in [1.82, 2.24) is 10.2 Å². The van der Waals surface area contributed by atoms with Crippen LogP contribution in [0.3, 0.4) is 0 Å². The molecule has 1 saturated carbocycles. The van der Waals surface area contributed by atoms with Crippen LogP contribution in [0.25, 0.3) is 0 Å². The van der Waals surface area contributed by atoms with Crippen LogP contribution >= 0.6 is 0 Å². The van der Waals surface area contributed by atoms with Crippen molar-refractivity contribution in [3.8, 4) is 0 Å². The maximum atomic E-state index is 12.3. The number of nitrogens with one attached hydrogen (secondary N) is 1. The molecule has 2 N–H and O–H groups in total. The number of nitrogens with zero attached hydrogens (tertiary/aromatic N) is 1. The zero-order chi connectivity index (χ0) is 12.3. The van der Waals surface area contributed by atoms with E-state index in [1.165, 1.54) is 0 Å². The lowest BCUT2D eigenvalue weighted by Crippen LogP contribution is -2.43. The van der Waals surface area contributed by atoms with Crippen molar-refractivity contribution >= 4 is 11.9 Å². The number of carbonyl (C=O) groups is 2. The van der Waals surface area contributed by atoms with Crippen molar-refractivity contribution in [3.63, 3.8) is 0 Å². The monoisotopic (exact) mass is 240 g/mol. The lowest BCUT2D eigenvalue weighted by atomic mass is 9.96. The highest BCUT2D eigenvalue weighted by Crippen LogP contribution is 2.29. The molecule has 96 valence electrons. The number of carbonyl (C=O) groups excluding carboxylic acids is 1. The first-order valence-corrected chi connectivity index (χ1v) is 6.41. The Labute approximate surface area is 101 Å². The molecular weight excluding hydrogens is 220 g/mol. The van der Waals surface area contributed by atoms with Crippen molar-refractivity contribution in [3.05, 3.63) is 0 Å². The van der Waals surface area contributed by atoms with E-state index in [0.717, 1.165) is 38.8 Å². The molecule has 17 heavy (non-hydrogen) atoms. The number of hydrogen-bond acceptors (Lipinski definition) is 3. The minimum atomic E-state index is -0.825. The summed E-state index contributed by atoms with van der Waals surface area (Å²) in [6, 6.07) is 0.316. The Kier molecular flexibility index (Phi) is 3.99. The smallest absolute Gasteiger partial charge is 0.305 e. The van der Waals surface area contributed by atoms with Crippen LogP contribution in [0, 0.1) is 5.92 Å². The summed E-state index contributed by atoms with van der Waals surface area (Å²) in [5, 5.41) is 11.9. The molecule has 1 aliphatic heterocycles. The third-order valence-corrected chi connectivity index (χ3v) is 3.53. The van der Waals surface area contributed by atoms with Gasteiger partial charge in [0, 0.05) is 18.5 Å². The molecule has 1 heterocycles. The Morgan fingerprint density at radius 1 is 1.18 bits per heavy atom. The second kappa shape index (κ2) is 5.49. The molecule has 0 aromatic rings. The van der Waals surface area contributed by atoms with Crippen molar-refractivity contribution in [2.24, 2.45) is 5.92 Å². The van der Waals surface area contributed by atoms with E-state index in [2.05, 4.69) is 5.32 Å². The van der Waals surface area contributed by atoms with Gasteiger partial charge in [0.25, 0.3) is 0 Å². The van der Waals surface area contributed by atoms with Gasteiger partial charge in [0.1, 0.15) is 0 Å². The highest BCUT2D eigenvalue weighted by Gasteiger charge is 2.35. The SMILES string of the molecule is O=C(O)CCN(C(=O)C1CCNCC1)C1CC1. The van der Waals surface area contributed by atoms with Gasteiger partial charge in [0.05, 0.1) is 6.42 Å². The minimum Gasteiger partial charge on any atom is -0.481 e. The molecule has 2 fully saturated rings. The lowest BCUT2D eigenvalue weighted by Gasteiger charge is -2.29. The van der Waals surface area contributed by atoms with Crippen LogP contribution in [-0.4, -0.2) is 47.6 Å². The van der Waals surface area contributed by atoms with Crippen molar-refractivity contribution < 1.29 is 14.7 Å². The van der Waals surface area contributed by atoms with E-state index in [1.54, 1.807) is 0 Å². The number of aliphatic carboxylic acids is 1. The first-order valence-electron chi connectivity index (χ1n) is 6.41. The van der Waals surface area contributed by atoms with E-state index in [0.29, 0.717) is 12.6 Å². The molecule has 0 bridgehead atoms. The molecule has 1 saturated heterocycles. The topological polar surface area (TPSA) is 69.6 Å². The normalized spacial score (nSPS) is 21.2. The van der Waals surface area contributed by atoms with Crippen molar-refractivity contribution in [2.75, 3.05) is 19.6 Å². The number of rotatable bonds is 5. The number of amides is 1. The zero-order valence-electron chi connectivity index (χ0n) is 10.0. The molecule has 0 spiro atoms. The van der Waals surface area contributed by atoms with Gasteiger partial charge >= 0.3 is 5.97 Å². The zero-order valence-corrected chi connectivity index (χ0v) is 10.0. The Balaban J connectivity index is 1.89. The van der Waals surface area contributed by atoms with Crippen LogP contribution in [0.2, 0.25) is 0 Å². The lowest BCUT2D eigenvalue weighted by molar-refractivity contribution is -0.140. The first kappa shape index (κ1) is 12.4. The predicted octanol–water partition coefficient (Wildman–Crippen LogP) is 0.452. The third-order valence-electron chi connectivity index (χ3n) is 3.53. The van der Waals surface area contributed by atoms with Crippen LogP contribution in [0.1, 0.15) is 32.1 Å². The highest BCUT2D eigenvalue weighted by molar-refractivity contribution is 5.80. The summed E-state index contributed by atoms with van der Waals surface area (Å²) >= 11 is 0. The van der Waals surface area contributed by atoms with Crippen LogP contribution in [-0.2, 0) is 9.59 Å². The van der Waals surface area contributed by atoms with Gasteiger partial charge in [-0.05, 0) is 38.8 Å². The average Bonchev–Trinajstić information content (AvgIpc) is 3.14. The van der Waals surface area contributed by atoms with Gasteiger partial charge in [-0.3, -0.25) is 9.59 Å². The van der Waals surface area contributed by atoms with Crippen molar-refractivity contribution in [1.29, 1.82) is 0 Å². The first-order chi connectivity index (χ1) is 8.18. The second-order valence-corrected chi connectivity index (χ2v) is 4.93. The van der Waals surface area contributed by atoms with Crippen LogP contribution < -0.4 is 5.32 Å². The molecule has 5 heteroatoms. The van der Waals surface area contributed by atoms with Crippen LogP contribution in [0.15, 0.2) is 0 Å². The van der Waals surface area contributed by atoms with E-state index in [4.69, 9.17) is 5.11 Å². The largest absolute Gasteiger partial charge is 0.481 e. The quantitative estimate of drug-likeness (QED) is 0.732. The van der Waals surface area contributed by atoms with E-state index >= 15 is 0 Å².